The number of nitrogens with zero attached hydrogens (tertiary/aromatic N) is 2. The Labute approximate surface area is 109 Å². The molecular weight excluding hydrogens is 222 g/mol. The van der Waals surface area contributed by atoms with Gasteiger partial charge >= 0.3 is 0 Å². The molecule has 2 rings (SSSR count). The summed E-state index contributed by atoms with van der Waals surface area (Å²) in [6.07, 6.45) is 4.86. The maximum Gasteiger partial charge on any atom is 0.122 e. The van der Waals surface area contributed by atoms with Gasteiger partial charge in [0.15, 0.2) is 0 Å². The largest absolute Gasteiger partial charge is 0.337 e. The van der Waals surface area contributed by atoms with Crippen molar-refractivity contribution in [3.63, 3.8) is 0 Å². The SMILES string of the molecule is Cc1ccccc1CC(C)NCc1nccn1C. The van der Waals surface area contributed by atoms with E-state index in [2.05, 4.69) is 48.4 Å². The molecule has 1 aromatic carbocycles. The van der Waals surface area contributed by atoms with Crippen molar-refractivity contribution < 1.29 is 0 Å². The van der Waals surface area contributed by atoms with Crippen LogP contribution in [-0.2, 0) is 20.0 Å². The van der Waals surface area contributed by atoms with E-state index in [1.54, 1.807) is 0 Å². The number of imidazole rings is 1. The van der Waals surface area contributed by atoms with Crippen LogP contribution in [0.2, 0.25) is 0 Å². The number of benzene rings is 1. The third-order valence-electron chi connectivity index (χ3n) is 3.32. The fourth-order valence-electron chi connectivity index (χ4n) is 2.07. The topological polar surface area (TPSA) is 29.9 Å². The summed E-state index contributed by atoms with van der Waals surface area (Å²) >= 11 is 0. The van der Waals surface area contributed by atoms with Crippen LogP contribution in [0.25, 0.3) is 0 Å². The standard InChI is InChI=1S/C15H21N3/c1-12-6-4-5-7-14(12)10-13(2)17-11-15-16-8-9-18(15)3/h4-9,13,17H,10-11H2,1-3H3. The van der Waals surface area contributed by atoms with Crippen LogP contribution in [-0.4, -0.2) is 15.6 Å². The average molecular weight is 243 g/mol. The number of rotatable bonds is 5. The van der Waals surface area contributed by atoms with E-state index < -0.39 is 0 Å². The van der Waals surface area contributed by atoms with Gasteiger partial charge in [-0.15, -0.1) is 0 Å². The molecule has 18 heavy (non-hydrogen) atoms. The Morgan fingerprint density at radius 2 is 2.11 bits per heavy atom. The molecule has 3 heteroatoms. The van der Waals surface area contributed by atoms with Crippen molar-refractivity contribution in [3.8, 4) is 0 Å². The Bertz CT molecular complexity index is 502. The zero-order valence-corrected chi connectivity index (χ0v) is 11.4. The summed E-state index contributed by atoms with van der Waals surface area (Å²) in [6.45, 7) is 5.20. The Kier molecular flexibility index (Phi) is 4.15. The van der Waals surface area contributed by atoms with Crippen LogP contribution < -0.4 is 5.32 Å². The van der Waals surface area contributed by atoms with E-state index in [1.165, 1.54) is 11.1 Å². The van der Waals surface area contributed by atoms with E-state index in [0.717, 1.165) is 18.8 Å². The molecule has 96 valence electrons. The molecule has 0 radical (unpaired) electrons. The Morgan fingerprint density at radius 3 is 2.78 bits per heavy atom. The van der Waals surface area contributed by atoms with Crippen LogP contribution in [0.1, 0.15) is 23.9 Å². The fraction of sp³-hybridized carbons (Fsp3) is 0.400. The Balaban J connectivity index is 1.88. The highest BCUT2D eigenvalue weighted by Gasteiger charge is 2.06. The molecule has 0 saturated heterocycles. The molecule has 0 aliphatic carbocycles. The van der Waals surface area contributed by atoms with Gasteiger partial charge in [0.05, 0.1) is 6.54 Å². The average Bonchev–Trinajstić information content (AvgIpc) is 2.75. The lowest BCUT2D eigenvalue weighted by Crippen LogP contribution is -2.28. The van der Waals surface area contributed by atoms with Crippen molar-refractivity contribution >= 4 is 0 Å². The molecule has 0 fully saturated rings. The Morgan fingerprint density at radius 1 is 1.33 bits per heavy atom. The summed E-state index contributed by atoms with van der Waals surface area (Å²) in [6, 6.07) is 9.01. The molecule has 0 amide bonds. The molecule has 2 aromatic rings. The number of aromatic nitrogens is 2. The summed E-state index contributed by atoms with van der Waals surface area (Å²) < 4.78 is 2.05. The van der Waals surface area contributed by atoms with E-state index in [9.17, 15) is 0 Å². The van der Waals surface area contributed by atoms with Gasteiger partial charge < -0.3 is 9.88 Å². The van der Waals surface area contributed by atoms with Crippen LogP contribution in [0.3, 0.4) is 0 Å². The van der Waals surface area contributed by atoms with Gasteiger partial charge in [0.1, 0.15) is 5.82 Å². The van der Waals surface area contributed by atoms with Crippen LogP contribution >= 0.6 is 0 Å². The van der Waals surface area contributed by atoms with Crippen molar-refractivity contribution in [2.45, 2.75) is 32.9 Å². The fourth-order valence-corrected chi connectivity index (χ4v) is 2.07. The highest BCUT2D eigenvalue weighted by Crippen LogP contribution is 2.09. The normalized spacial score (nSPS) is 12.6. The molecule has 0 saturated carbocycles. The van der Waals surface area contributed by atoms with E-state index >= 15 is 0 Å². The molecule has 3 nitrogen and oxygen atoms in total. The monoisotopic (exact) mass is 243 g/mol. The van der Waals surface area contributed by atoms with E-state index in [0.29, 0.717) is 6.04 Å². The van der Waals surface area contributed by atoms with Gasteiger partial charge in [0, 0.05) is 25.5 Å². The third-order valence-corrected chi connectivity index (χ3v) is 3.32. The van der Waals surface area contributed by atoms with Crippen molar-refractivity contribution in [2.24, 2.45) is 7.05 Å². The minimum atomic E-state index is 0.447. The Hall–Kier alpha value is -1.61. The highest BCUT2D eigenvalue weighted by molar-refractivity contribution is 5.26. The smallest absolute Gasteiger partial charge is 0.122 e. The summed E-state index contributed by atoms with van der Waals surface area (Å²) in [5, 5.41) is 3.52. The van der Waals surface area contributed by atoms with Gasteiger partial charge in [0.2, 0.25) is 0 Å². The van der Waals surface area contributed by atoms with Gasteiger partial charge in [-0.05, 0) is 31.4 Å². The van der Waals surface area contributed by atoms with Crippen LogP contribution in [0.5, 0.6) is 0 Å². The molecule has 0 aliphatic heterocycles. The molecule has 1 unspecified atom stereocenters. The van der Waals surface area contributed by atoms with E-state index in [-0.39, 0.29) is 0 Å². The summed E-state index contributed by atoms with van der Waals surface area (Å²) in [4.78, 5) is 4.31. The van der Waals surface area contributed by atoms with Crippen LogP contribution in [0.4, 0.5) is 0 Å². The zero-order valence-electron chi connectivity index (χ0n) is 11.4. The van der Waals surface area contributed by atoms with Crippen molar-refractivity contribution in [1.29, 1.82) is 0 Å². The van der Waals surface area contributed by atoms with Crippen molar-refractivity contribution in [3.05, 3.63) is 53.6 Å². The maximum atomic E-state index is 4.31. The first-order valence-corrected chi connectivity index (χ1v) is 6.41. The van der Waals surface area contributed by atoms with E-state index in [1.807, 2.05) is 24.0 Å². The predicted octanol–water partition coefficient (Wildman–Crippen LogP) is 2.45. The maximum absolute atomic E-state index is 4.31. The second-order valence-electron chi connectivity index (χ2n) is 4.87. The predicted molar refractivity (Wildman–Crippen MR) is 74.4 cm³/mol. The molecule has 0 bridgehead atoms. The minimum absolute atomic E-state index is 0.447. The van der Waals surface area contributed by atoms with Gasteiger partial charge in [-0.25, -0.2) is 4.98 Å². The first-order chi connectivity index (χ1) is 8.66. The quantitative estimate of drug-likeness (QED) is 0.874. The molecule has 0 aliphatic rings. The molecule has 1 aromatic heterocycles. The van der Waals surface area contributed by atoms with Crippen molar-refractivity contribution in [2.75, 3.05) is 0 Å². The lowest BCUT2D eigenvalue weighted by Gasteiger charge is -2.15. The number of hydrogen-bond donors (Lipinski definition) is 1. The number of aryl methyl sites for hydroxylation is 2. The first-order valence-electron chi connectivity index (χ1n) is 6.41. The minimum Gasteiger partial charge on any atom is -0.337 e. The summed E-state index contributed by atoms with van der Waals surface area (Å²) in [5.74, 6) is 1.08. The molecule has 1 heterocycles. The highest BCUT2D eigenvalue weighted by atomic mass is 15.1. The third kappa shape index (κ3) is 3.20. The molecule has 1 atom stereocenters. The van der Waals surface area contributed by atoms with Gasteiger partial charge in [0.25, 0.3) is 0 Å². The first kappa shape index (κ1) is 12.8. The molecule has 0 spiro atoms. The van der Waals surface area contributed by atoms with Gasteiger partial charge in [-0.3, -0.25) is 0 Å². The zero-order chi connectivity index (χ0) is 13.0. The summed E-state index contributed by atoms with van der Waals surface area (Å²) in [5.41, 5.74) is 2.78. The lowest BCUT2D eigenvalue weighted by molar-refractivity contribution is 0.525. The lowest BCUT2D eigenvalue weighted by atomic mass is 10.0. The van der Waals surface area contributed by atoms with Crippen molar-refractivity contribution in [1.82, 2.24) is 14.9 Å². The number of nitrogens with one attached hydrogen (secondary N) is 1. The second-order valence-corrected chi connectivity index (χ2v) is 4.87. The van der Waals surface area contributed by atoms with Crippen LogP contribution in [0.15, 0.2) is 36.7 Å². The van der Waals surface area contributed by atoms with Gasteiger partial charge in [-0.2, -0.15) is 0 Å². The summed E-state index contributed by atoms with van der Waals surface area (Å²) in [7, 11) is 2.02. The van der Waals surface area contributed by atoms with Gasteiger partial charge in [-0.1, -0.05) is 24.3 Å². The van der Waals surface area contributed by atoms with E-state index in [4.69, 9.17) is 0 Å². The van der Waals surface area contributed by atoms with Crippen LogP contribution in [0, 0.1) is 6.92 Å². The number of hydrogen-bond acceptors (Lipinski definition) is 2. The molecular formula is C15H21N3. The molecule has 1 N–H and O–H groups in total. The second kappa shape index (κ2) is 5.83.